The normalized spacial score (nSPS) is 24.1. The second kappa shape index (κ2) is 6.23. The summed E-state index contributed by atoms with van der Waals surface area (Å²) in [5, 5.41) is 19.2. The number of nitrogens with zero attached hydrogens (tertiary/aromatic N) is 3. The van der Waals surface area contributed by atoms with E-state index < -0.39 is 11.7 Å². The molecule has 0 bridgehead atoms. The molecule has 2 heterocycles. The Bertz CT molecular complexity index is 739. The van der Waals surface area contributed by atoms with Crippen LogP contribution in [0, 0.1) is 5.92 Å². The van der Waals surface area contributed by atoms with Gasteiger partial charge in [-0.05, 0) is 12.0 Å². The topological polar surface area (TPSA) is 193 Å². The molecule has 3 rings (SSSR count). The van der Waals surface area contributed by atoms with Gasteiger partial charge in [-0.25, -0.2) is 4.98 Å². The van der Waals surface area contributed by atoms with Crippen LogP contribution in [0.15, 0.2) is 23.3 Å². The van der Waals surface area contributed by atoms with E-state index in [0.717, 1.165) is 0 Å². The van der Waals surface area contributed by atoms with Crippen molar-refractivity contribution in [2.45, 2.75) is 18.6 Å². The van der Waals surface area contributed by atoms with Gasteiger partial charge in [0.05, 0.1) is 25.1 Å². The Labute approximate surface area is 124 Å². The summed E-state index contributed by atoms with van der Waals surface area (Å²) in [6.45, 7) is 3.76. The Morgan fingerprint density at radius 2 is 2.18 bits per heavy atom. The average Bonchev–Trinajstić information content (AvgIpc) is 2.91. The molecule has 1 aliphatic carbocycles. The van der Waals surface area contributed by atoms with Crippen molar-refractivity contribution in [1.29, 1.82) is 0 Å². The number of aliphatic hydroxyl groups excluding tert-OH is 2. The van der Waals surface area contributed by atoms with E-state index in [1.165, 1.54) is 6.33 Å². The zero-order valence-electron chi connectivity index (χ0n) is 11.7. The summed E-state index contributed by atoms with van der Waals surface area (Å²) in [4.78, 5) is 22.2. The summed E-state index contributed by atoms with van der Waals surface area (Å²) >= 11 is 0. The third-order valence-electron chi connectivity index (χ3n) is 3.82. The van der Waals surface area contributed by atoms with Crippen molar-refractivity contribution < 1.29 is 21.2 Å². The molecule has 0 unspecified atom stereocenters. The van der Waals surface area contributed by atoms with Gasteiger partial charge in [-0.3, -0.25) is 9.78 Å². The number of aromatic amines is 1. The van der Waals surface area contributed by atoms with Crippen LogP contribution in [0.3, 0.4) is 0 Å². The number of aliphatic hydroxyl groups is 2. The van der Waals surface area contributed by atoms with E-state index in [4.69, 9.17) is 5.73 Å². The van der Waals surface area contributed by atoms with Gasteiger partial charge >= 0.3 is 0 Å². The minimum atomic E-state index is -0.672. The van der Waals surface area contributed by atoms with Crippen molar-refractivity contribution >= 4 is 17.1 Å². The predicted octanol–water partition coefficient (Wildman–Crippen LogP) is -2.48. The van der Waals surface area contributed by atoms with E-state index in [9.17, 15) is 15.0 Å². The monoisotopic (exact) mass is 313 g/mol. The number of nitrogens with two attached hydrogens (primary N) is 1. The first-order valence-corrected chi connectivity index (χ1v) is 6.23. The van der Waals surface area contributed by atoms with Crippen LogP contribution in [0.4, 0.5) is 5.95 Å². The highest BCUT2D eigenvalue weighted by molar-refractivity contribution is 5.70. The molecule has 0 radical (unpaired) electrons. The number of aromatic nitrogens is 4. The highest BCUT2D eigenvalue weighted by Gasteiger charge is 2.37. The molecule has 2 aromatic rings. The Morgan fingerprint density at radius 3 is 2.77 bits per heavy atom. The second-order valence-electron chi connectivity index (χ2n) is 4.96. The van der Waals surface area contributed by atoms with Crippen molar-refractivity contribution in [3.8, 4) is 0 Å². The van der Waals surface area contributed by atoms with E-state index >= 15 is 0 Å². The van der Waals surface area contributed by atoms with Gasteiger partial charge in [0.25, 0.3) is 5.56 Å². The summed E-state index contributed by atoms with van der Waals surface area (Å²) in [6.07, 6.45) is 1.20. The van der Waals surface area contributed by atoms with Crippen LogP contribution < -0.4 is 11.3 Å². The SMILES string of the molecule is C=C1[C@H](CO)[C@@H](O)C[C@@H]1n1cnc2c(=O)[nH]c(N)nc21.O.O. The second-order valence-corrected chi connectivity index (χ2v) is 4.96. The maximum atomic E-state index is 11.7. The lowest BCUT2D eigenvalue weighted by Gasteiger charge is -2.15. The van der Waals surface area contributed by atoms with Crippen molar-refractivity contribution in [3.63, 3.8) is 0 Å². The third kappa shape index (κ3) is 2.48. The van der Waals surface area contributed by atoms with Crippen LogP contribution in [0.25, 0.3) is 11.2 Å². The number of nitrogens with one attached hydrogen (secondary N) is 1. The highest BCUT2D eigenvalue weighted by Crippen LogP contribution is 2.39. The minimum Gasteiger partial charge on any atom is -0.412 e. The number of nitrogen functional groups attached to an aromatic ring is 1. The molecule has 1 fully saturated rings. The molecular weight excluding hydrogens is 294 g/mol. The molecule has 22 heavy (non-hydrogen) atoms. The number of imidazole rings is 1. The minimum absolute atomic E-state index is 0. The summed E-state index contributed by atoms with van der Waals surface area (Å²) in [5.74, 6) is -0.371. The summed E-state index contributed by atoms with van der Waals surface area (Å²) in [5.41, 5.74) is 6.37. The van der Waals surface area contributed by atoms with Crippen molar-refractivity contribution in [1.82, 2.24) is 19.5 Å². The van der Waals surface area contributed by atoms with Gasteiger partial charge in [-0.1, -0.05) is 6.58 Å². The van der Waals surface area contributed by atoms with Crippen LogP contribution in [-0.2, 0) is 0 Å². The molecule has 10 heteroatoms. The maximum absolute atomic E-state index is 11.7. The van der Waals surface area contributed by atoms with Crippen molar-refractivity contribution in [3.05, 3.63) is 28.8 Å². The number of fused-ring (bicyclic) bond motifs is 1. The molecule has 0 saturated heterocycles. The number of hydrogen-bond donors (Lipinski definition) is 4. The van der Waals surface area contributed by atoms with Gasteiger partial charge < -0.3 is 31.5 Å². The molecular formula is C12H19N5O5. The third-order valence-corrected chi connectivity index (χ3v) is 3.82. The number of hydrogen-bond acceptors (Lipinski definition) is 6. The molecule has 122 valence electrons. The van der Waals surface area contributed by atoms with Crippen LogP contribution in [0.1, 0.15) is 12.5 Å². The zero-order valence-corrected chi connectivity index (χ0v) is 11.7. The highest BCUT2D eigenvalue weighted by atomic mass is 16.3. The van der Waals surface area contributed by atoms with Gasteiger partial charge in [0, 0.05) is 5.92 Å². The maximum Gasteiger partial charge on any atom is 0.280 e. The van der Waals surface area contributed by atoms with Crippen molar-refractivity contribution in [2.75, 3.05) is 12.3 Å². The standard InChI is InChI=1S/C12H15N5O3.2H2O/c1-5-6(3-18)8(19)2-7(5)17-4-14-9-10(17)15-12(13)16-11(9)20;;/h4,6-8,18-19H,1-3H2,(H3,13,15,16,20);2*1H2/t6-,7-,8-;;/m0../s1. The molecule has 0 amide bonds. The van der Waals surface area contributed by atoms with E-state index in [0.29, 0.717) is 17.6 Å². The number of rotatable bonds is 2. The Morgan fingerprint density at radius 1 is 1.50 bits per heavy atom. The van der Waals surface area contributed by atoms with Crippen LogP contribution in [0.5, 0.6) is 0 Å². The van der Waals surface area contributed by atoms with E-state index in [-0.39, 0.29) is 41.0 Å². The Kier molecular flexibility index (Phi) is 5.04. The van der Waals surface area contributed by atoms with Crippen molar-refractivity contribution in [2.24, 2.45) is 5.92 Å². The fraction of sp³-hybridized carbons (Fsp3) is 0.417. The van der Waals surface area contributed by atoms with Crippen LogP contribution in [0.2, 0.25) is 0 Å². The fourth-order valence-corrected chi connectivity index (χ4v) is 2.74. The van der Waals surface area contributed by atoms with E-state index in [2.05, 4.69) is 21.5 Å². The smallest absolute Gasteiger partial charge is 0.280 e. The molecule has 0 spiro atoms. The van der Waals surface area contributed by atoms with E-state index in [1.807, 2.05) is 0 Å². The largest absolute Gasteiger partial charge is 0.412 e. The molecule has 1 saturated carbocycles. The first-order valence-electron chi connectivity index (χ1n) is 6.23. The zero-order chi connectivity index (χ0) is 14.4. The molecule has 1 aliphatic rings. The van der Waals surface area contributed by atoms with E-state index in [1.54, 1.807) is 4.57 Å². The lowest BCUT2D eigenvalue weighted by molar-refractivity contribution is 0.101. The lowest BCUT2D eigenvalue weighted by atomic mass is 10.0. The molecule has 2 aromatic heterocycles. The van der Waals surface area contributed by atoms with Gasteiger partial charge in [0.15, 0.2) is 11.2 Å². The average molecular weight is 313 g/mol. The van der Waals surface area contributed by atoms with Gasteiger partial charge in [-0.15, -0.1) is 0 Å². The Balaban J connectivity index is 0.00000121. The fourth-order valence-electron chi connectivity index (χ4n) is 2.74. The number of H-pyrrole nitrogens is 1. The molecule has 0 aromatic carbocycles. The molecule has 10 nitrogen and oxygen atoms in total. The summed E-state index contributed by atoms with van der Waals surface area (Å²) in [7, 11) is 0. The quantitative estimate of drug-likeness (QED) is 0.443. The van der Waals surface area contributed by atoms with Gasteiger partial charge in [0.2, 0.25) is 5.95 Å². The Hall–Kier alpha value is -2.27. The van der Waals surface area contributed by atoms with Crippen LogP contribution in [-0.4, -0.2) is 53.4 Å². The summed E-state index contributed by atoms with van der Waals surface area (Å²) in [6, 6.07) is -0.263. The predicted molar refractivity (Wildman–Crippen MR) is 79.2 cm³/mol. The lowest BCUT2D eigenvalue weighted by Crippen LogP contribution is -2.17. The molecule has 0 aliphatic heterocycles. The molecule has 3 atom stereocenters. The first-order chi connectivity index (χ1) is 9.52. The van der Waals surface area contributed by atoms with Crippen LogP contribution >= 0.6 is 0 Å². The van der Waals surface area contributed by atoms with Gasteiger partial charge in [-0.2, -0.15) is 4.98 Å². The summed E-state index contributed by atoms with van der Waals surface area (Å²) < 4.78 is 1.67. The first kappa shape index (κ1) is 17.8. The van der Waals surface area contributed by atoms with Gasteiger partial charge in [0.1, 0.15) is 0 Å². The molecule has 9 N–H and O–H groups in total. The number of anilines is 1.